The van der Waals surface area contributed by atoms with Crippen molar-refractivity contribution in [3.05, 3.63) is 42.0 Å². The highest BCUT2D eigenvalue weighted by Gasteiger charge is 2.53. The fourth-order valence-corrected chi connectivity index (χ4v) is 9.05. The molecule has 3 saturated heterocycles. The number of carbonyl (C=O) groups is 3. The number of hydrogen-bond acceptors (Lipinski definition) is 13. The molecule has 0 saturated carbocycles. The summed E-state index contributed by atoms with van der Waals surface area (Å²) in [5, 5.41) is 24.2. The third-order valence-corrected chi connectivity index (χ3v) is 12.1. The molecule has 14 nitrogen and oxygen atoms in total. The lowest BCUT2D eigenvalue weighted by Crippen LogP contribution is -2.61. The molecule has 4 rings (SSSR count). The minimum Gasteiger partial charge on any atom is -0.497 e. The van der Waals surface area contributed by atoms with E-state index in [1.807, 2.05) is 53.6 Å². The van der Waals surface area contributed by atoms with E-state index in [4.69, 9.17) is 33.2 Å². The van der Waals surface area contributed by atoms with Crippen molar-refractivity contribution in [2.24, 2.45) is 28.7 Å². The number of carbonyl (C=O) groups excluding carboxylic acids is 3. The van der Waals surface area contributed by atoms with Crippen molar-refractivity contribution in [2.75, 3.05) is 34.4 Å². The number of cyclic esters (lactones) is 1. The second kappa shape index (κ2) is 19.9. The zero-order chi connectivity index (χ0) is 43.3. The molecule has 1 amide bonds. The van der Waals surface area contributed by atoms with Crippen LogP contribution in [-0.4, -0.2) is 133 Å². The van der Waals surface area contributed by atoms with Gasteiger partial charge in [-0.25, -0.2) is 4.99 Å². The van der Waals surface area contributed by atoms with Gasteiger partial charge >= 0.3 is 11.9 Å². The molecule has 0 unspecified atom stereocenters. The summed E-state index contributed by atoms with van der Waals surface area (Å²) in [5.74, 6) is -4.13. The summed E-state index contributed by atoms with van der Waals surface area (Å²) in [7, 11) is 5.32. The zero-order valence-corrected chi connectivity index (χ0v) is 36.6. The standard InChI is InChI=1S/C44H68N2O12/c1-14-34-44(10,51)40-27(5)36(45-30(8)47)25(3)21-43(9,54-23-24(2)22-53-40)39(58-42-37(49)33(46(11)12)19-26(4)55-42)28(6)38(29(7)41(50)56-34)57-35(48)20-31-15-17-32(52-13)18-16-31/h15-18,25-29,33-34,37-40,42,49,51H,2,14,19-23H2,1,3-13H3/t25-,26-,27-,28+,29-,33+,34+,37-,38+,39-,40+,42+,43-,44-/m1/s1. The van der Waals surface area contributed by atoms with E-state index in [0.29, 0.717) is 29.0 Å². The van der Waals surface area contributed by atoms with Gasteiger partial charge in [-0.1, -0.05) is 46.4 Å². The lowest BCUT2D eigenvalue weighted by atomic mass is 9.73. The Morgan fingerprint density at radius 3 is 2.29 bits per heavy atom. The molecular weight excluding hydrogens is 748 g/mol. The normalized spacial score (nSPS) is 38.9. The molecule has 3 aliphatic heterocycles. The topological polar surface area (TPSA) is 172 Å². The van der Waals surface area contributed by atoms with Crippen molar-refractivity contribution in [1.82, 2.24) is 4.90 Å². The zero-order valence-electron chi connectivity index (χ0n) is 36.6. The van der Waals surface area contributed by atoms with Gasteiger partial charge in [0, 0.05) is 30.5 Å². The number of amides is 1. The average molecular weight is 817 g/mol. The summed E-state index contributed by atoms with van der Waals surface area (Å²) < 4.78 is 44.4. The van der Waals surface area contributed by atoms with Crippen LogP contribution in [0.4, 0.5) is 0 Å². The molecule has 0 aliphatic carbocycles. The molecule has 326 valence electrons. The molecule has 3 heterocycles. The predicted molar refractivity (Wildman–Crippen MR) is 217 cm³/mol. The molecule has 58 heavy (non-hydrogen) atoms. The highest BCUT2D eigenvalue weighted by Crippen LogP contribution is 2.42. The van der Waals surface area contributed by atoms with Gasteiger partial charge in [0.25, 0.3) is 0 Å². The van der Waals surface area contributed by atoms with Crippen molar-refractivity contribution in [3.8, 4) is 5.75 Å². The third-order valence-electron chi connectivity index (χ3n) is 12.1. The van der Waals surface area contributed by atoms with Crippen LogP contribution in [0.25, 0.3) is 0 Å². The molecule has 2 N–H and O–H groups in total. The number of fused-ring (bicyclic) bond motifs is 5. The SMILES string of the molecule is C=C1CO[C@H]2[C@H](C)C(=NC(C)=O)[C@H](C)C[C@@](C)(OC1)[C@H](O[C@@H]1O[C@H](C)C[C@H](N(C)C)[C@H]1O)[C@@H](C)[C@H](OC(=O)Cc1ccc(OC)cc1)[C@@H](C)C(=O)O[C@@H](CC)[C@@]2(C)O. The molecule has 0 radical (unpaired) electrons. The second-order valence-corrected chi connectivity index (χ2v) is 17.3. The van der Waals surface area contributed by atoms with Crippen molar-refractivity contribution >= 4 is 23.6 Å². The largest absolute Gasteiger partial charge is 0.497 e. The molecule has 14 heteroatoms. The lowest BCUT2D eigenvalue weighted by Gasteiger charge is -2.49. The van der Waals surface area contributed by atoms with E-state index in [2.05, 4.69) is 11.6 Å². The van der Waals surface area contributed by atoms with Crippen LogP contribution in [0.3, 0.4) is 0 Å². The van der Waals surface area contributed by atoms with Crippen LogP contribution in [0.5, 0.6) is 5.75 Å². The fourth-order valence-electron chi connectivity index (χ4n) is 9.05. The van der Waals surface area contributed by atoms with Gasteiger partial charge < -0.3 is 48.3 Å². The van der Waals surface area contributed by atoms with E-state index in [0.717, 1.165) is 0 Å². The number of nitrogens with zero attached hydrogens (tertiary/aromatic N) is 2. The number of esters is 2. The first-order chi connectivity index (χ1) is 27.1. The van der Waals surface area contributed by atoms with Crippen LogP contribution < -0.4 is 4.74 Å². The number of aliphatic hydroxyl groups excluding tert-OH is 1. The van der Waals surface area contributed by atoms with Crippen LogP contribution in [0, 0.1) is 23.7 Å². The number of likely N-dealkylation sites (N-methyl/N-ethyl adjacent to an activating group) is 1. The Balaban J connectivity index is 1.96. The monoisotopic (exact) mass is 816 g/mol. The van der Waals surface area contributed by atoms with E-state index in [1.165, 1.54) is 6.92 Å². The quantitative estimate of drug-likeness (QED) is 0.274. The number of benzene rings is 1. The van der Waals surface area contributed by atoms with Gasteiger partial charge in [-0.2, -0.15) is 0 Å². The van der Waals surface area contributed by atoms with Crippen molar-refractivity contribution in [1.29, 1.82) is 0 Å². The maximum absolute atomic E-state index is 14.4. The van der Waals surface area contributed by atoms with Crippen LogP contribution in [-0.2, 0) is 49.2 Å². The van der Waals surface area contributed by atoms with Crippen LogP contribution in [0.2, 0.25) is 0 Å². The molecule has 0 aromatic heterocycles. The Labute approximate surface area is 344 Å². The molecule has 0 spiro atoms. The maximum Gasteiger partial charge on any atom is 0.312 e. The Morgan fingerprint density at radius 1 is 1.05 bits per heavy atom. The molecule has 3 fully saturated rings. The molecule has 1 aromatic rings. The Hall–Kier alpha value is -3.24. The summed E-state index contributed by atoms with van der Waals surface area (Å²) in [6, 6.07) is 6.71. The van der Waals surface area contributed by atoms with Crippen molar-refractivity contribution in [3.63, 3.8) is 0 Å². The van der Waals surface area contributed by atoms with Crippen LogP contribution >= 0.6 is 0 Å². The third kappa shape index (κ3) is 11.1. The number of hydrogen-bond donors (Lipinski definition) is 2. The van der Waals surface area contributed by atoms with Crippen LogP contribution in [0.15, 0.2) is 41.4 Å². The average Bonchev–Trinajstić information content (AvgIpc) is 3.17. The van der Waals surface area contributed by atoms with E-state index in [-0.39, 0.29) is 44.6 Å². The van der Waals surface area contributed by atoms with Crippen molar-refractivity contribution < 1.29 is 57.8 Å². The van der Waals surface area contributed by atoms with Gasteiger partial charge in [0.05, 0.1) is 56.6 Å². The van der Waals surface area contributed by atoms with E-state index in [1.54, 1.807) is 52.1 Å². The molecule has 14 atom stereocenters. The summed E-state index contributed by atoms with van der Waals surface area (Å²) >= 11 is 0. The summed E-state index contributed by atoms with van der Waals surface area (Å²) in [6.45, 7) is 19.9. The van der Waals surface area contributed by atoms with Gasteiger partial charge in [0.2, 0.25) is 5.91 Å². The second-order valence-electron chi connectivity index (χ2n) is 17.3. The predicted octanol–water partition coefficient (Wildman–Crippen LogP) is 4.70. The number of aliphatic hydroxyl groups is 2. The Bertz CT molecular complexity index is 1610. The number of rotatable bonds is 8. The smallest absolute Gasteiger partial charge is 0.312 e. The number of ether oxygens (including phenoxy) is 7. The van der Waals surface area contributed by atoms with Gasteiger partial charge in [0.1, 0.15) is 29.7 Å². The molecule has 1 aromatic carbocycles. The summed E-state index contributed by atoms with van der Waals surface area (Å²) in [5.41, 5.74) is -1.40. The molecular formula is C44H68N2O12. The number of aliphatic imine (C=N–C) groups is 1. The fraction of sp³-hybridized carbons (Fsp3) is 0.727. The van der Waals surface area contributed by atoms with E-state index in [9.17, 15) is 24.6 Å². The Kier molecular flexibility index (Phi) is 16.3. The number of methoxy groups -OCH3 is 1. The van der Waals surface area contributed by atoms with Gasteiger partial charge in [-0.05, 0) is 90.2 Å². The lowest BCUT2D eigenvalue weighted by molar-refractivity contribution is -0.303. The maximum atomic E-state index is 14.4. The first kappa shape index (κ1) is 47.4. The first-order valence-corrected chi connectivity index (χ1v) is 20.5. The minimum absolute atomic E-state index is 0.00709. The molecule has 3 aliphatic rings. The summed E-state index contributed by atoms with van der Waals surface area (Å²) in [4.78, 5) is 47.6. The van der Waals surface area contributed by atoms with E-state index >= 15 is 0 Å². The van der Waals surface area contributed by atoms with Gasteiger partial charge in [-0.3, -0.25) is 14.4 Å². The van der Waals surface area contributed by atoms with Gasteiger partial charge in [0.15, 0.2) is 6.29 Å². The highest BCUT2D eigenvalue weighted by atomic mass is 16.7. The Morgan fingerprint density at radius 2 is 1.71 bits per heavy atom. The molecule has 2 bridgehead atoms. The van der Waals surface area contributed by atoms with Gasteiger partial charge in [-0.15, -0.1) is 0 Å². The van der Waals surface area contributed by atoms with Crippen LogP contribution in [0.1, 0.15) is 87.1 Å². The minimum atomic E-state index is -1.78. The van der Waals surface area contributed by atoms with E-state index < -0.39 is 89.5 Å². The highest BCUT2D eigenvalue weighted by molar-refractivity contribution is 5.97. The first-order valence-electron chi connectivity index (χ1n) is 20.5. The van der Waals surface area contributed by atoms with Crippen molar-refractivity contribution in [2.45, 2.75) is 148 Å². The summed E-state index contributed by atoms with van der Waals surface area (Å²) in [6.07, 6.45) is -5.93.